The summed E-state index contributed by atoms with van der Waals surface area (Å²) < 4.78 is 15.2. The topological polar surface area (TPSA) is 109 Å². The minimum atomic E-state index is -1.22. The van der Waals surface area contributed by atoms with Gasteiger partial charge in [0.15, 0.2) is 0 Å². The first-order valence-corrected chi connectivity index (χ1v) is 5.96. The van der Waals surface area contributed by atoms with E-state index in [0.29, 0.717) is 0 Å². The van der Waals surface area contributed by atoms with Gasteiger partial charge in [0.1, 0.15) is 36.4 Å². The summed E-state index contributed by atoms with van der Waals surface area (Å²) in [6, 6.07) is 1.39. The van der Waals surface area contributed by atoms with Crippen molar-refractivity contribution in [1.29, 1.82) is 0 Å². The van der Waals surface area contributed by atoms with Gasteiger partial charge in [-0.3, -0.25) is 0 Å². The lowest BCUT2D eigenvalue weighted by atomic mass is 10.1. The third kappa shape index (κ3) is 2.64. The standard InChI is InChI=1S/C12H16O7/c1-2-17-12(16)6-3-7(18-5-6)11-10(15)9(14)8(4-13)19-11/h3,5,8-11,13-15H,2,4H2,1H3/t8-,9-,10-,11-/m1/s1. The van der Waals surface area contributed by atoms with Crippen LogP contribution >= 0.6 is 0 Å². The largest absolute Gasteiger partial charge is 0.466 e. The highest BCUT2D eigenvalue weighted by molar-refractivity contribution is 5.89. The molecular weight excluding hydrogens is 256 g/mol. The number of esters is 1. The van der Waals surface area contributed by atoms with Crippen molar-refractivity contribution >= 4 is 5.97 Å². The molecule has 1 saturated heterocycles. The first-order chi connectivity index (χ1) is 9.08. The Morgan fingerprint density at radius 1 is 1.42 bits per heavy atom. The second-order valence-corrected chi connectivity index (χ2v) is 4.22. The number of aliphatic hydroxyl groups excluding tert-OH is 3. The molecule has 2 rings (SSSR count). The third-order valence-corrected chi connectivity index (χ3v) is 2.95. The van der Waals surface area contributed by atoms with Crippen molar-refractivity contribution in [2.45, 2.75) is 31.3 Å². The van der Waals surface area contributed by atoms with Gasteiger partial charge in [-0.05, 0) is 13.0 Å². The van der Waals surface area contributed by atoms with Crippen molar-refractivity contribution in [3.05, 3.63) is 23.7 Å². The Hall–Kier alpha value is -1.41. The zero-order chi connectivity index (χ0) is 14.0. The summed E-state index contributed by atoms with van der Waals surface area (Å²) in [5.74, 6) is -0.338. The quantitative estimate of drug-likeness (QED) is 0.640. The lowest BCUT2D eigenvalue weighted by Crippen LogP contribution is -2.32. The van der Waals surface area contributed by atoms with Crippen molar-refractivity contribution in [2.75, 3.05) is 13.2 Å². The van der Waals surface area contributed by atoms with Crippen molar-refractivity contribution in [2.24, 2.45) is 0 Å². The molecule has 0 unspecified atom stereocenters. The van der Waals surface area contributed by atoms with E-state index < -0.39 is 37.0 Å². The monoisotopic (exact) mass is 272 g/mol. The Morgan fingerprint density at radius 2 is 2.16 bits per heavy atom. The first-order valence-electron chi connectivity index (χ1n) is 5.96. The van der Waals surface area contributed by atoms with Crippen LogP contribution in [0.15, 0.2) is 16.7 Å². The number of rotatable bonds is 4. The van der Waals surface area contributed by atoms with Crippen LogP contribution in [-0.4, -0.2) is 52.8 Å². The average Bonchev–Trinajstić information content (AvgIpc) is 2.97. The number of ether oxygens (including phenoxy) is 2. The summed E-state index contributed by atoms with van der Waals surface area (Å²) in [5, 5.41) is 28.4. The Balaban J connectivity index is 2.13. The Morgan fingerprint density at radius 3 is 2.74 bits per heavy atom. The first kappa shape index (κ1) is 14.0. The minimum absolute atomic E-state index is 0.200. The molecule has 0 amide bonds. The summed E-state index contributed by atoms with van der Waals surface area (Å²) in [4.78, 5) is 11.5. The van der Waals surface area contributed by atoms with Crippen LogP contribution < -0.4 is 0 Å². The fraction of sp³-hybridized carbons (Fsp3) is 0.583. The molecule has 1 aliphatic rings. The predicted molar refractivity (Wildman–Crippen MR) is 61.4 cm³/mol. The predicted octanol–water partition coefficient (Wildman–Crippen LogP) is -0.390. The van der Waals surface area contributed by atoms with Crippen LogP contribution in [0, 0.1) is 0 Å². The highest BCUT2D eigenvalue weighted by atomic mass is 16.6. The smallest absolute Gasteiger partial charge is 0.341 e. The van der Waals surface area contributed by atoms with Gasteiger partial charge in [0.25, 0.3) is 0 Å². The van der Waals surface area contributed by atoms with E-state index in [4.69, 9.17) is 19.0 Å². The Labute approximate surface area is 109 Å². The van der Waals surface area contributed by atoms with Gasteiger partial charge >= 0.3 is 5.97 Å². The molecule has 1 fully saturated rings. The fourth-order valence-corrected chi connectivity index (χ4v) is 1.96. The van der Waals surface area contributed by atoms with Crippen molar-refractivity contribution in [3.63, 3.8) is 0 Å². The van der Waals surface area contributed by atoms with Crippen LogP contribution in [0.5, 0.6) is 0 Å². The molecule has 0 saturated carbocycles. The zero-order valence-corrected chi connectivity index (χ0v) is 10.4. The molecule has 0 spiro atoms. The minimum Gasteiger partial charge on any atom is -0.466 e. The second-order valence-electron chi connectivity index (χ2n) is 4.22. The molecule has 2 heterocycles. The average molecular weight is 272 g/mol. The van der Waals surface area contributed by atoms with Crippen LogP contribution in [0.1, 0.15) is 29.1 Å². The molecule has 3 N–H and O–H groups in total. The van der Waals surface area contributed by atoms with E-state index in [9.17, 15) is 15.0 Å². The number of carbonyl (C=O) groups excluding carboxylic acids is 1. The van der Waals surface area contributed by atoms with Crippen LogP contribution in [0.4, 0.5) is 0 Å². The summed E-state index contributed by atoms with van der Waals surface area (Å²) in [6.07, 6.45) is -3.03. The second kappa shape index (κ2) is 5.70. The molecule has 0 radical (unpaired) electrons. The normalized spacial score (nSPS) is 30.5. The zero-order valence-electron chi connectivity index (χ0n) is 10.4. The summed E-state index contributed by atoms with van der Waals surface area (Å²) in [6.45, 7) is 1.51. The van der Waals surface area contributed by atoms with E-state index in [-0.39, 0.29) is 17.9 Å². The van der Waals surface area contributed by atoms with Crippen LogP contribution in [0.3, 0.4) is 0 Å². The van der Waals surface area contributed by atoms with Gasteiger partial charge in [0, 0.05) is 0 Å². The van der Waals surface area contributed by atoms with E-state index in [1.54, 1.807) is 6.92 Å². The number of hydrogen-bond acceptors (Lipinski definition) is 7. The van der Waals surface area contributed by atoms with Crippen LogP contribution in [0.2, 0.25) is 0 Å². The van der Waals surface area contributed by atoms with Gasteiger partial charge in [0.2, 0.25) is 0 Å². The molecule has 4 atom stereocenters. The number of hydrogen-bond donors (Lipinski definition) is 3. The maximum Gasteiger partial charge on any atom is 0.341 e. The number of furan rings is 1. The molecule has 0 bridgehead atoms. The molecule has 1 aromatic rings. The van der Waals surface area contributed by atoms with Gasteiger partial charge in [0.05, 0.1) is 18.8 Å². The van der Waals surface area contributed by atoms with E-state index in [0.717, 1.165) is 0 Å². The summed E-state index contributed by atoms with van der Waals surface area (Å²) in [7, 11) is 0. The fourth-order valence-electron chi connectivity index (χ4n) is 1.96. The van der Waals surface area contributed by atoms with Gasteiger partial charge in [-0.1, -0.05) is 0 Å². The van der Waals surface area contributed by atoms with Crippen molar-refractivity contribution in [3.8, 4) is 0 Å². The van der Waals surface area contributed by atoms with E-state index in [2.05, 4.69) is 0 Å². The lowest BCUT2D eigenvalue weighted by Gasteiger charge is -2.11. The van der Waals surface area contributed by atoms with Gasteiger partial charge in [-0.2, -0.15) is 0 Å². The van der Waals surface area contributed by atoms with E-state index >= 15 is 0 Å². The molecule has 7 nitrogen and oxygen atoms in total. The molecule has 106 valence electrons. The molecule has 1 aromatic heterocycles. The highest BCUT2D eigenvalue weighted by Gasteiger charge is 2.44. The molecule has 19 heavy (non-hydrogen) atoms. The maximum absolute atomic E-state index is 11.5. The third-order valence-electron chi connectivity index (χ3n) is 2.95. The van der Waals surface area contributed by atoms with E-state index in [1.807, 2.05) is 0 Å². The number of carbonyl (C=O) groups is 1. The van der Waals surface area contributed by atoms with Crippen molar-refractivity contribution < 1.29 is 34.0 Å². The molecule has 0 aliphatic carbocycles. The molecular formula is C12H16O7. The van der Waals surface area contributed by atoms with Gasteiger partial charge in [-0.25, -0.2) is 4.79 Å². The Kier molecular flexibility index (Phi) is 4.20. The van der Waals surface area contributed by atoms with Gasteiger partial charge < -0.3 is 29.2 Å². The highest BCUT2D eigenvalue weighted by Crippen LogP contribution is 2.34. The lowest BCUT2D eigenvalue weighted by molar-refractivity contribution is -0.0290. The van der Waals surface area contributed by atoms with Gasteiger partial charge in [-0.15, -0.1) is 0 Å². The van der Waals surface area contributed by atoms with Crippen LogP contribution in [-0.2, 0) is 9.47 Å². The molecule has 7 heteroatoms. The molecule has 0 aromatic carbocycles. The molecule has 1 aliphatic heterocycles. The van der Waals surface area contributed by atoms with Crippen molar-refractivity contribution in [1.82, 2.24) is 0 Å². The van der Waals surface area contributed by atoms with E-state index in [1.165, 1.54) is 12.3 Å². The van der Waals surface area contributed by atoms with Crippen LogP contribution in [0.25, 0.3) is 0 Å². The SMILES string of the molecule is CCOC(=O)c1coc([C@H]2O[C@H](CO)[C@@H](O)[C@H]2O)c1. The maximum atomic E-state index is 11.5. The summed E-state index contributed by atoms with van der Waals surface area (Å²) in [5.41, 5.74) is 0.203. The Bertz CT molecular complexity index is 441. The number of aliphatic hydroxyl groups is 3. The summed E-state index contributed by atoms with van der Waals surface area (Å²) >= 11 is 0.